The molecule has 0 aliphatic heterocycles. The smallest absolute Gasteiger partial charge is 0.0264 e. The summed E-state index contributed by atoms with van der Waals surface area (Å²) in [5.41, 5.74) is 1.37. The third kappa shape index (κ3) is 0.843. The summed E-state index contributed by atoms with van der Waals surface area (Å²) in [6.07, 6.45) is 5.90. The van der Waals surface area contributed by atoms with E-state index in [-0.39, 0.29) is 0 Å². The van der Waals surface area contributed by atoms with E-state index in [0.717, 1.165) is 17.3 Å². The van der Waals surface area contributed by atoms with Gasteiger partial charge in [0.1, 0.15) is 0 Å². The van der Waals surface area contributed by atoms with Gasteiger partial charge in [0, 0.05) is 0 Å². The van der Waals surface area contributed by atoms with Crippen LogP contribution in [0, 0.1) is 22.7 Å². The zero-order valence-electron chi connectivity index (χ0n) is 8.98. The topological polar surface area (TPSA) is 0 Å². The molecule has 0 amide bonds. The number of hydrogen-bond acceptors (Lipinski definition) is 0. The highest BCUT2D eigenvalue weighted by atomic mass is 14.6. The predicted octanol–water partition coefficient (Wildman–Crippen LogP) is 3.86. The van der Waals surface area contributed by atoms with Gasteiger partial charge in [-0.15, -0.1) is 0 Å². The van der Waals surface area contributed by atoms with Gasteiger partial charge in [-0.3, -0.25) is 0 Å². The molecular formula is C12H22. The van der Waals surface area contributed by atoms with Crippen LogP contribution >= 0.6 is 0 Å². The SMILES string of the molecule is CCC(C)(C)C1CC2CCC21C. The first-order valence-corrected chi connectivity index (χ1v) is 5.50. The molecule has 0 heteroatoms. The van der Waals surface area contributed by atoms with Crippen LogP contribution < -0.4 is 0 Å². The average molecular weight is 166 g/mol. The Morgan fingerprint density at radius 3 is 2.33 bits per heavy atom. The summed E-state index contributed by atoms with van der Waals surface area (Å²) in [4.78, 5) is 0. The van der Waals surface area contributed by atoms with Crippen molar-refractivity contribution in [3.05, 3.63) is 0 Å². The van der Waals surface area contributed by atoms with E-state index in [0.29, 0.717) is 5.41 Å². The van der Waals surface area contributed by atoms with Gasteiger partial charge in [-0.25, -0.2) is 0 Å². The van der Waals surface area contributed by atoms with Crippen LogP contribution in [0.3, 0.4) is 0 Å². The standard InChI is InChI=1S/C12H22/c1-5-11(2,3)10-8-9-6-7-12(9,10)4/h9-10H,5-8H2,1-4H3. The highest BCUT2D eigenvalue weighted by Crippen LogP contribution is 2.69. The molecule has 0 aromatic heterocycles. The molecule has 2 fully saturated rings. The molecule has 2 rings (SSSR count). The zero-order chi connectivity index (χ0) is 8.98. The highest BCUT2D eigenvalue weighted by Gasteiger charge is 2.60. The van der Waals surface area contributed by atoms with Crippen LogP contribution in [-0.4, -0.2) is 0 Å². The van der Waals surface area contributed by atoms with Crippen LogP contribution in [0.15, 0.2) is 0 Å². The van der Waals surface area contributed by atoms with Crippen LogP contribution in [0.2, 0.25) is 0 Å². The Labute approximate surface area is 76.7 Å². The second-order valence-corrected chi connectivity index (χ2v) is 5.87. The van der Waals surface area contributed by atoms with Crippen molar-refractivity contribution in [3.8, 4) is 0 Å². The van der Waals surface area contributed by atoms with Crippen LogP contribution in [0.5, 0.6) is 0 Å². The van der Waals surface area contributed by atoms with E-state index in [1.54, 1.807) is 0 Å². The van der Waals surface area contributed by atoms with Gasteiger partial charge in [0.15, 0.2) is 0 Å². The van der Waals surface area contributed by atoms with Gasteiger partial charge in [0.05, 0.1) is 0 Å². The van der Waals surface area contributed by atoms with Crippen LogP contribution in [0.25, 0.3) is 0 Å². The maximum atomic E-state index is 2.52. The molecule has 2 aliphatic carbocycles. The molecule has 0 heterocycles. The summed E-state index contributed by atoms with van der Waals surface area (Å²) in [5, 5.41) is 0. The molecule has 0 saturated heterocycles. The fraction of sp³-hybridized carbons (Fsp3) is 1.00. The lowest BCUT2D eigenvalue weighted by Gasteiger charge is -2.67. The van der Waals surface area contributed by atoms with Gasteiger partial charge in [-0.2, -0.15) is 0 Å². The van der Waals surface area contributed by atoms with Crippen molar-refractivity contribution in [1.29, 1.82) is 0 Å². The Hall–Kier alpha value is 0. The molecule has 0 nitrogen and oxygen atoms in total. The molecule has 0 spiro atoms. The first-order chi connectivity index (χ1) is 5.50. The van der Waals surface area contributed by atoms with E-state index in [9.17, 15) is 0 Å². The Morgan fingerprint density at radius 1 is 1.42 bits per heavy atom. The van der Waals surface area contributed by atoms with E-state index in [1.807, 2.05) is 0 Å². The molecule has 2 saturated carbocycles. The molecule has 0 N–H and O–H groups in total. The molecule has 2 aliphatic rings. The maximum Gasteiger partial charge on any atom is -0.0264 e. The first kappa shape index (κ1) is 8.59. The summed E-state index contributed by atoms with van der Waals surface area (Å²) in [7, 11) is 0. The van der Waals surface area contributed by atoms with Crippen LogP contribution in [0.1, 0.15) is 53.4 Å². The monoisotopic (exact) mass is 166 g/mol. The molecule has 70 valence electrons. The Morgan fingerprint density at radius 2 is 2.08 bits per heavy atom. The minimum Gasteiger partial charge on any atom is -0.0649 e. The van der Waals surface area contributed by atoms with Gasteiger partial charge in [0.25, 0.3) is 0 Å². The van der Waals surface area contributed by atoms with Crippen molar-refractivity contribution in [2.75, 3.05) is 0 Å². The fourth-order valence-corrected chi connectivity index (χ4v) is 3.50. The van der Waals surface area contributed by atoms with E-state index < -0.39 is 0 Å². The average Bonchev–Trinajstić information content (AvgIpc) is 2.03. The zero-order valence-corrected chi connectivity index (χ0v) is 8.98. The lowest BCUT2D eigenvalue weighted by molar-refractivity contribution is -0.175. The molecule has 12 heavy (non-hydrogen) atoms. The van der Waals surface area contributed by atoms with Crippen molar-refractivity contribution in [1.82, 2.24) is 0 Å². The summed E-state index contributed by atoms with van der Waals surface area (Å²) < 4.78 is 0. The van der Waals surface area contributed by atoms with Crippen LogP contribution in [0.4, 0.5) is 0 Å². The van der Waals surface area contributed by atoms with E-state index in [1.165, 1.54) is 25.7 Å². The van der Waals surface area contributed by atoms with Crippen molar-refractivity contribution in [2.24, 2.45) is 22.7 Å². The summed E-state index contributed by atoms with van der Waals surface area (Å²) in [6, 6.07) is 0. The molecular weight excluding hydrogens is 144 g/mol. The molecule has 3 unspecified atom stereocenters. The Bertz CT molecular complexity index is 183. The van der Waals surface area contributed by atoms with E-state index >= 15 is 0 Å². The number of hydrogen-bond donors (Lipinski definition) is 0. The van der Waals surface area contributed by atoms with Gasteiger partial charge >= 0.3 is 0 Å². The van der Waals surface area contributed by atoms with Crippen molar-refractivity contribution in [3.63, 3.8) is 0 Å². The lowest BCUT2D eigenvalue weighted by atomic mass is 9.38. The highest BCUT2D eigenvalue weighted by molar-refractivity contribution is 5.09. The lowest BCUT2D eigenvalue weighted by Crippen LogP contribution is -2.58. The van der Waals surface area contributed by atoms with Gasteiger partial charge < -0.3 is 0 Å². The first-order valence-electron chi connectivity index (χ1n) is 5.50. The molecule has 0 bridgehead atoms. The second kappa shape index (κ2) is 2.27. The van der Waals surface area contributed by atoms with Gasteiger partial charge in [-0.05, 0) is 41.9 Å². The minimum absolute atomic E-state index is 0.603. The summed E-state index contributed by atoms with van der Waals surface area (Å²) in [6.45, 7) is 9.77. The Kier molecular flexibility index (Phi) is 1.63. The third-order valence-electron chi connectivity index (χ3n) is 5.13. The molecule has 0 aromatic carbocycles. The summed E-state index contributed by atoms with van der Waals surface area (Å²) in [5.74, 6) is 2.13. The minimum atomic E-state index is 0.603. The van der Waals surface area contributed by atoms with Gasteiger partial charge in [-0.1, -0.05) is 34.1 Å². The molecule has 0 aromatic rings. The second-order valence-electron chi connectivity index (χ2n) is 5.87. The summed E-state index contributed by atoms with van der Waals surface area (Å²) >= 11 is 0. The maximum absolute atomic E-state index is 2.52. The number of fused-ring (bicyclic) bond motifs is 1. The van der Waals surface area contributed by atoms with Gasteiger partial charge in [0.2, 0.25) is 0 Å². The van der Waals surface area contributed by atoms with Crippen molar-refractivity contribution < 1.29 is 0 Å². The predicted molar refractivity (Wildman–Crippen MR) is 53.0 cm³/mol. The largest absolute Gasteiger partial charge is 0.0649 e. The number of rotatable bonds is 2. The van der Waals surface area contributed by atoms with Crippen molar-refractivity contribution >= 4 is 0 Å². The quantitative estimate of drug-likeness (QED) is 0.584. The molecule has 3 atom stereocenters. The normalized spacial score (nSPS) is 46.0. The Balaban J connectivity index is 2.08. The van der Waals surface area contributed by atoms with E-state index in [4.69, 9.17) is 0 Å². The molecule has 0 radical (unpaired) electrons. The van der Waals surface area contributed by atoms with Crippen LogP contribution in [-0.2, 0) is 0 Å². The third-order valence-corrected chi connectivity index (χ3v) is 5.13. The van der Waals surface area contributed by atoms with E-state index in [2.05, 4.69) is 27.7 Å². The fourth-order valence-electron chi connectivity index (χ4n) is 3.50. The van der Waals surface area contributed by atoms with Crippen molar-refractivity contribution in [2.45, 2.75) is 53.4 Å².